The van der Waals surface area contributed by atoms with Gasteiger partial charge >= 0.3 is 5.97 Å². The molecule has 4 aromatic rings. The zero-order valence-corrected chi connectivity index (χ0v) is 20.4. The lowest BCUT2D eigenvalue weighted by Gasteiger charge is -2.13. The average molecular weight is 493 g/mol. The number of carboxylic acids is 1. The third-order valence-corrected chi connectivity index (χ3v) is 6.53. The van der Waals surface area contributed by atoms with Crippen molar-refractivity contribution in [2.45, 2.75) is 32.8 Å². The fourth-order valence-corrected chi connectivity index (χ4v) is 4.54. The average Bonchev–Trinajstić information content (AvgIpc) is 3.29. The van der Waals surface area contributed by atoms with Crippen molar-refractivity contribution in [3.05, 3.63) is 82.7 Å². The molecule has 2 aromatic heterocycles. The van der Waals surface area contributed by atoms with Gasteiger partial charge in [-0.2, -0.15) is 0 Å². The zero-order valence-electron chi connectivity index (χ0n) is 19.6. The highest BCUT2D eigenvalue weighted by Gasteiger charge is 2.18. The van der Waals surface area contributed by atoms with Gasteiger partial charge in [0, 0.05) is 10.4 Å². The number of hydrogen-bond acceptors (Lipinski definition) is 6. The molecule has 0 saturated heterocycles. The number of halogens is 1. The second kappa shape index (κ2) is 10.7. The normalized spacial score (nSPS) is 11.8. The van der Waals surface area contributed by atoms with Gasteiger partial charge in [-0.25, -0.2) is 9.37 Å². The van der Waals surface area contributed by atoms with Gasteiger partial charge < -0.3 is 14.6 Å². The molecule has 2 heterocycles. The molecule has 8 heteroatoms. The number of ether oxygens (including phenoxy) is 2. The number of aliphatic carboxylic acids is 1. The molecule has 0 bridgehead atoms. The Balaban J connectivity index is 1.64. The summed E-state index contributed by atoms with van der Waals surface area (Å²) in [5.41, 5.74) is 2.78. The largest absolute Gasteiger partial charge is 0.497 e. The smallest absolute Gasteiger partial charge is 0.303 e. The first-order valence-electron chi connectivity index (χ1n) is 11.0. The van der Waals surface area contributed by atoms with E-state index in [0.29, 0.717) is 34.1 Å². The Kier molecular flexibility index (Phi) is 7.41. The molecule has 6 nitrogen and oxygen atoms in total. The van der Waals surface area contributed by atoms with E-state index in [1.54, 1.807) is 29.7 Å². The molecule has 180 valence electrons. The van der Waals surface area contributed by atoms with Gasteiger partial charge in [-0.05, 0) is 60.9 Å². The van der Waals surface area contributed by atoms with Gasteiger partial charge in [-0.3, -0.25) is 9.78 Å². The first-order valence-corrected chi connectivity index (χ1v) is 11.9. The molecule has 0 radical (unpaired) electrons. The summed E-state index contributed by atoms with van der Waals surface area (Å²) >= 11 is 1.55. The van der Waals surface area contributed by atoms with Crippen LogP contribution >= 0.6 is 11.3 Å². The van der Waals surface area contributed by atoms with Crippen LogP contribution < -0.4 is 9.47 Å². The number of nitrogens with zero attached hydrogens (tertiary/aromatic N) is 2. The van der Waals surface area contributed by atoms with Gasteiger partial charge in [0.15, 0.2) is 0 Å². The topological polar surface area (TPSA) is 81.5 Å². The molecule has 0 amide bonds. The van der Waals surface area contributed by atoms with Crippen LogP contribution in [0.25, 0.3) is 21.8 Å². The van der Waals surface area contributed by atoms with Crippen LogP contribution in [0.1, 0.15) is 35.4 Å². The highest BCUT2D eigenvalue weighted by Crippen LogP contribution is 2.36. The predicted octanol–water partition coefficient (Wildman–Crippen LogP) is 6.49. The van der Waals surface area contributed by atoms with Crippen LogP contribution in [-0.2, 0) is 11.4 Å². The molecule has 0 unspecified atom stereocenters. The number of aromatic nitrogens is 2. The highest BCUT2D eigenvalue weighted by atomic mass is 32.1. The Hall–Kier alpha value is -3.78. The van der Waals surface area contributed by atoms with E-state index in [0.717, 1.165) is 15.3 Å². The lowest BCUT2D eigenvalue weighted by Crippen LogP contribution is -2.05. The van der Waals surface area contributed by atoms with Gasteiger partial charge in [0.1, 0.15) is 35.3 Å². The van der Waals surface area contributed by atoms with Gasteiger partial charge in [-0.1, -0.05) is 19.1 Å². The van der Waals surface area contributed by atoms with Crippen LogP contribution in [0.2, 0.25) is 0 Å². The maximum absolute atomic E-state index is 14.8. The summed E-state index contributed by atoms with van der Waals surface area (Å²) in [5, 5.41) is 9.06. The van der Waals surface area contributed by atoms with Crippen LogP contribution in [0.3, 0.4) is 0 Å². The number of hydrogen-bond donors (Lipinski definition) is 1. The molecule has 1 atom stereocenters. The maximum Gasteiger partial charge on any atom is 0.303 e. The predicted molar refractivity (Wildman–Crippen MR) is 133 cm³/mol. The van der Waals surface area contributed by atoms with E-state index in [9.17, 15) is 9.18 Å². The van der Waals surface area contributed by atoms with E-state index >= 15 is 0 Å². The molecule has 0 saturated carbocycles. The van der Waals surface area contributed by atoms with Crippen molar-refractivity contribution in [3.63, 3.8) is 0 Å². The molecule has 2 aromatic carbocycles. The Morgan fingerprint density at radius 1 is 1.11 bits per heavy atom. The van der Waals surface area contributed by atoms with Crippen molar-refractivity contribution in [3.8, 4) is 33.3 Å². The minimum atomic E-state index is -0.844. The minimum absolute atomic E-state index is 0.0425. The Morgan fingerprint density at radius 3 is 2.66 bits per heavy atom. The van der Waals surface area contributed by atoms with Crippen molar-refractivity contribution < 1.29 is 23.8 Å². The second-order valence-electron chi connectivity index (χ2n) is 8.17. The third kappa shape index (κ3) is 5.84. The monoisotopic (exact) mass is 492 g/mol. The van der Waals surface area contributed by atoms with Crippen molar-refractivity contribution >= 4 is 17.3 Å². The standard InChI is InChI=1S/C27H25FN2O4S/c1-16(11-25(31)32)18-5-4-6-21(12-18)34-15-19-14-29-26(22-13-20(33-3)8-9-23(22)28)27(30-19)24-10-7-17(2)35-24/h4-10,12-14,16H,11,15H2,1-3H3,(H,31,32)/t16-/m1/s1. The van der Waals surface area contributed by atoms with Crippen molar-refractivity contribution in [2.75, 3.05) is 7.11 Å². The van der Waals surface area contributed by atoms with Crippen LogP contribution in [-0.4, -0.2) is 28.2 Å². The molecule has 0 aliphatic heterocycles. The summed E-state index contributed by atoms with van der Waals surface area (Å²) in [7, 11) is 1.53. The van der Waals surface area contributed by atoms with Crippen LogP contribution in [0, 0.1) is 12.7 Å². The van der Waals surface area contributed by atoms with Crippen molar-refractivity contribution in [2.24, 2.45) is 0 Å². The van der Waals surface area contributed by atoms with E-state index < -0.39 is 11.8 Å². The SMILES string of the molecule is COc1ccc(F)c(-c2ncc(COc3cccc([C@H](C)CC(=O)O)c3)nc2-c2ccc(C)s2)c1. The Bertz CT molecular complexity index is 1350. The number of benzene rings is 2. The third-order valence-electron chi connectivity index (χ3n) is 5.52. The first-order chi connectivity index (χ1) is 16.8. The van der Waals surface area contributed by atoms with Crippen molar-refractivity contribution in [1.82, 2.24) is 9.97 Å². The highest BCUT2D eigenvalue weighted by molar-refractivity contribution is 7.15. The lowest BCUT2D eigenvalue weighted by molar-refractivity contribution is -0.137. The zero-order chi connectivity index (χ0) is 24.9. The van der Waals surface area contributed by atoms with Gasteiger partial charge in [0.25, 0.3) is 0 Å². The van der Waals surface area contributed by atoms with E-state index in [2.05, 4.69) is 4.98 Å². The molecule has 0 fully saturated rings. The molecule has 1 N–H and O–H groups in total. The molecule has 4 rings (SSSR count). The summed E-state index contributed by atoms with van der Waals surface area (Å²) in [6, 6.07) is 15.8. The fraction of sp³-hybridized carbons (Fsp3) is 0.222. The first kappa shape index (κ1) is 24.3. The van der Waals surface area contributed by atoms with E-state index in [1.165, 1.54) is 13.2 Å². The number of rotatable bonds is 9. The van der Waals surface area contributed by atoms with Gasteiger partial charge in [0.05, 0.1) is 30.3 Å². The lowest BCUT2D eigenvalue weighted by atomic mass is 9.98. The molecule has 0 aliphatic carbocycles. The summed E-state index contributed by atoms with van der Waals surface area (Å²) in [5.74, 6) is -0.255. The van der Waals surface area contributed by atoms with Crippen LogP contribution in [0.4, 0.5) is 4.39 Å². The Morgan fingerprint density at radius 2 is 1.94 bits per heavy atom. The molecule has 0 spiro atoms. The molecular weight excluding hydrogens is 467 g/mol. The van der Waals surface area contributed by atoms with E-state index in [-0.39, 0.29) is 18.9 Å². The number of aryl methyl sites for hydroxylation is 1. The van der Waals surface area contributed by atoms with Crippen molar-refractivity contribution in [1.29, 1.82) is 0 Å². The van der Waals surface area contributed by atoms with Gasteiger partial charge in [0.2, 0.25) is 0 Å². The number of methoxy groups -OCH3 is 1. The van der Waals surface area contributed by atoms with Gasteiger partial charge in [-0.15, -0.1) is 11.3 Å². The minimum Gasteiger partial charge on any atom is -0.497 e. The fourth-order valence-electron chi connectivity index (χ4n) is 3.69. The molecule has 35 heavy (non-hydrogen) atoms. The summed E-state index contributed by atoms with van der Waals surface area (Å²) < 4.78 is 26.0. The second-order valence-corrected chi connectivity index (χ2v) is 9.46. The molecular formula is C27H25FN2O4S. The number of carbonyl (C=O) groups is 1. The summed E-state index contributed by atoms with van der Waals surface area (Å²) in [6.45, 7) is 4.02. The summed E-state index contributed by atoms with van der Waals surface area (Å²) in [6.07, 6.45) is 1.62. The number of thiophene rings is 1. The van der Waals surface area contributed by atoms with Crippen LogP contribution in [0.15, 0.2) is 60.8 Å². The maximum atomic E-state index is 14.8. The number of carboxylic acid groups (broad SMARTS) is 1. The summed E-state index contributed by atoms with van der Waals surface area (Å²) in [4.78, 5) is 22.4. The van der Waals surface area contributed by atoms with E-state index in [4.69, 9.17) is 19.6 Å². The van der Waals surface area contributed by atoms with Crippen LogP contribution in [0.5, 0.6) is 11.5 Å². The Labute approximate surface area is 207 Å². The van der Waals surface area contributed by atoms with E-state index in [1.807, 2.05) is 50.2 Å². The molecule has 0 aliphatic rings. The quantitative estimate of drug-likeness (QED) is 0.288.